The fourth-order valence-corrected chi connectivity index (χ4v) is 6.32. The lowest BCUT2D eigenvalue weighted by atomic mass is 9.95. The van der Waals surface area contributed by atoms with Crippen LogP contribution in [0, 0.1) is 0 Å². The maximum Gasteiger partial charge on any atom is 0.242 e. The zero-order valence-electron chi connectivity index (χ0n) is 23.1. The Morgan fingerprint density at radius 3 is 2.49 bits per heavy atom. The van der Waals surface area contributed by atoms with Crippen molar-refractivity contribution >= 4 is 43.5 Å². The third-order valence-corrected chi connectivity index (χ3v) is 8.62. The van der Waals surface area contributed by atoms with E-state index in [0.717, 1.165) is 42.0 Å². The van der Waals surface area contributed by atoms with E-state index in [2.05, 4.69) is 21.2 Å². The molecule has 2 amide bonds. The van der Waals surface area contributed by atoms with E-state index in [1.54, 1.807) is 36.1 Å². The van der Waals surface area contributed by atoms with Crippen LogP contribution in [0.2, 0.25) is 0 Å². The van der Waals surface area contributed by atoms with Crippen molar-refractivity contribution in [1.82, 2.24) is 10.2 Å². The molecule has 0 heterocycles. The van der Waals surface area contributed by atoms with Gasteiger partial charge in [-0.05, 0) is 62.9 Å². The van der Waals surface area contributed by atoms with E-state index < -0.39 is 16.1 Å². The minimum atomic E-state index is -3.62. The largest absolute Gasteiger partial charge is 0.492 e. The van der Waals surface area contributed by atoms with Crippen LogP contribution in [0.15, 0.2) is 53.0 Å². The highest BCUT2D eigenvalue weighted by Gasteiger charge is 2.29. The number of para-hydroxylation sites is 2. The zero-order chi connectivity index (χ0) is 28.4. The fourth-order valence-electron chi connectivity index (χ4n) is 4.91. The van der Waals surface area contributed by atoms with Gasteiger partial charge >= 0.3 is 0 Å². The third kappa shape index (κ3) is 9.24. The van der Waals surface area contributed by atoms with Crippen LogP contribution >= 0.6 is 15.9 Å². The highest BCUT2D eigenvalue weighted by Crippen LogP contribution is 2.30. The predicted molar refractivity (Wildman–Crippen MR) is 158 cm³/mol. The minimum Gasteiger partial charge on any atom is -0.492 e. The van der Waals surface area contributed by atoms with Gasteiger partial charge in [0.1, 0.15) is 11.8 Å². The third-order valence-electron chi connectivity index (χ3n) is 6.95. The van der Waals surface area contributed by atoms with Gasteiger partial charge in [-0.25, -0.2) is 8.42 Å². The van der Waals surface area contributed by atoms with Crippen molar-refractivity contribution in [3.05, 3.63) is 58.6 Å². The van der Waals surface area contributed by atoms with E-state index in [1.165, 1.54) is 10.7 Å². The van der Waals surface area contributed by atoms with Crippen LogP contribution in [0.3, 0.4) is 0 Å². The molecule has 0 unspecified atom stereocenters. The first kappa shape index (κ1) is 30.9. The average Bonchev–Trinajstić information content (AvgIpc) is 2.90. The highest BCUT2D eigenvalue weighted by atomic mass is 79.9. The molecule has 1 saturated carbocycles. The van der Waals surface area contributed by atoms with Gasteiger partial charge in [0.2, 0.25) is 21.8 Å². The van der Waals surface area contributed by atoms with Crippen molar-refractivity contribution in [2.24, 2.45) is 0 Å². The van der Waals surface area contributed by atoms with Crippen molar-refractivity contribution in [2.75, 3.05) is 23.7 Å². The molecular formula is C29H40BrN3O5S. The first-order chi connectivity index (χ1) is 18.6. The molecule has 2 aromatic rings. The topological polar surface area (TPSA) is 96.0 Å². The number of amides is 2. The van der Waals surface area contributed by atoms with Crippen molar-refractivity contribution in [3.63, 3.8) is 0 Å². The van der Waals surface area contributed by atoms with Crippen LogP contribution in [-0.4, -0.2) is 56.6 Å². The zero-order valence-corrected chi connectivity index (χ0v) is 25.5. The van der Waals surface area contributed by atoms with Crippen molar-refractivity contribution < 1.29 is 22.7 Å². The number of hydrogen-bond acceptors (Lipinski definition) is 5. The van der Waals surface area contributed by atoms with Crippen LogP contribution in [0.1, 0.15) is 64.4 Å². The molecular weight excluding hydrogens is 582 g/mol. The fraction of sp³-hybridized carbons (Fsp3) is 0.517. The van der Waals surface area contributed by atoms with Gasteiger partial charge < -0.3 is 15.0 Å². The van der Waals surface area contributed by atoms with Crippen LogP contribution in [0.25, 0.3) is 0 Å². The number of hydrogen-bond donors (Lipinski definition) is 1. The summed E-state index contributed by atoms with van der Waals surface area (Å²) in [6, 6.07) is 14.1. The summed E-state index contributed by atoms with van der Waals surface area (Å²) in [5.74, 6) is 0.113. The minimum absolute atomic E-state index is 0.0951. The van der Waals surface area contributed by atoms with E-state index in [-0.39, 0.29) is 43.8 Å². The molecule has 2 aromatic carbocycles. The summed E-state index contributed by atoms with van der Waals surface area (Å²) in [7, 11) is -3.62. The van der Waals surface area contributed by atoms with Crippen LogP contribution in [-0.2, 0) is 26.2 Å². The molecule has 0 radical (unpaired) electrons. The Labute approximate surface area is 241 Å². The van der Waals surface area contributed by atoms with Gasteiger partial charge in [0.25, 0.3) is 0 Å². The molecule has 3 rings (SSSR count). The normalized spacial score (nSPS) is 14.9. The van der Waals surface area contributed by atoms with E-state index in [1.807, 2.05) is 31.2 Å². The van der Waals surface area contributed by atoms with Crippen LogP contribution < -0.4 is 14.4 Å². The molecule has 0 aromatic heterocycles. The van der Waals surface area contributed by atoms with Crippen molar-refractivity contribution in [1.29, 1.82) is 0 Å². The number of rotatable bonds is 13. The molecule has 1 aliphatic carbocycles. The Kier molecular flexibility index (Phi) is 11.7. The molecule has 10 heteroatoms. The van der Waals surface area contributed by atoms with E-state index in [0.29, 0.717) is 18.0 Å². The first-order valence-electron chi connectivity index (χ1n) is 13.6. The lowest BCUT2D eigenvalue weighted by Crippen LogP contribution is -2.50. The number of carbonyl (C=O) groups is 2. The number of nitrogens with one attached hydrogen (secondary N) is 1. The number of ether oxygens (including phenoxy) is 1. The number of nitrogens with zero attached hydrogens (tertiary/aromatic N) is 2. The van der Waals surface area contributed by atoms with Gasteiger partial charge in [-0.15, -0.1) is 0 Å². The Morgan fingerprint density at radius 1 is 1.10 bits per heavy atom. The lowest BCUT2D eigenvalue weighted by Gasteiger charge is -2.31. The van der Waals surface area contributed by atoms with Gasteiger partial charge in [-0.1, -0.05) is 59.5 Å². The summed E-state index contributed by atoms with van der Waals surface area (Å²) in [5, 5.41) is 3.14. The van der Waals surface area contributed by atoms with Gasteiger partial charge in [0.15, 0.2) is 0 Å². The molecule has 0 bridgehead atoms. The summed E-state index contributed by atoms with van der Waals surface area (Å²) in [5.41, 5.74) is 1.35. The average molecular weight is 623 g/mol. The Bertz CT molecular complexity index is 1220. The molecule has 1 fully saturated rings. The summed E-state index contributed by atoms with van der Waals surface area (Å²) in [6.45, 7) is 4.39. The molecule has 214 valence electrons. The van der Waals surface area contributed by atoms with Gasteiger partial charge in [-0.3, -0.25) is 13.9 Å². The Hall–Kier alpha value is -2.59. The predicted octanol–water partition coefficient (Wildman–Crippen LogP) is 5.26. The van der Waals surface area contributed by atoms with Crippen molar-refractivity contribution in [3.8, 4) is 5.75 Å². The molecule has 1 aliphatic rings. The second-order valence-corrected chi connectivity index (χ2v) is 12.8. The summed E-state index contributed by atoms with van der Waals surface area (Å²) >= 11 is 3.48. The van der Waals surface area contributed by atoms with Gasteiger partial charge in [-0.2, -0.15) is 0 Å². The number of anilines is 1. The molecule has 0 saturated heterocycles. The second-order valence-electron chi connectivity index (χ2n) is 10.0. The summed E-state index contributed by atoms with van der Waals surface area (Å²) in [6.07, 6.45) is 6.84. The monoisotopic (exact) mass is 621 g/mol. The summed E-state index contributed by atoms with van der Waals surface area (Å²) < 4.78 is 33.2. The first-order valence-corrected chi connectivity index (χ1v) is 16.3. The molecule has 0 aliphatic heterocycles. The Balaban J connectivity index is 1.74. The van der Waals surface area contributed by atoms with Gasteiger partial charge in [0.05, 0.1) is 18.6 Å². The molecule has 8 nitrogen and oxygen atoms in total. The molecule has 39 heavy (non-hydrogen) atoms. The molecule has 1 N–H and O–H groups in total. The maximum absolute atomic E-state index is 13.5. The highest BCUT2D eigenvalue weighted by molar-refractivity contribution is 9.10. The number of halogens is 1. The lowest BCUT2D eigenvalue weighted by molar-refractivity contribution is -0.141. The summed E-state index contributed by atoms with van der Waals surface area (Å²) in [4.78, 5) is 28.3. The van der Waals surface area contributed by atoms with E-state index in [4.69, 9.17) is 4.74 Å². The standard InChI is InChI=1S/C29H40BrN3O5S/c1-4-38-27-17-9-8-16-26(27)33(39(3,36)37)19-11-18-28(34)32(21-23-12-10-13-24(30)20-23)22(2)29(35)31-25-14-6-5-7-15-25/h8-10,12-13,16-17,20,22,25H,4-7,11,14-15,18-19,21H2,1-3H3,(H,31,35)/t22-/m0/s1. The molecule has 0 spiro atoms. The number of sulfonamides is 1. The Morgan fingerprint density at radius 2 is 1.82 bits per heavy atom. The van der Waals surface area contributed by atoms with Gasteiger partial charge in [0, 0.05) is 30.0 Å². The second kappa shape index (κ2) is 14.7. The molecule has 1 atom stereocenters. The maximum atomic E-state index is 13.5. The van der Waals surface area contributed by atoms with E-state index >= 15 is 0 Å². The SMILES string of the molecule is CCOc1ccccc1N(CCCC(=O)N(Cc1cccc(Br)c1)[C@@H](C)C(=O)NC1CCCCC1)S(C)(=O)=O. The quantitative estimate of drug-likeness (QED) is 0.329. The number of carbonyl (C=O) groups excluding carboxylic acids is 2. The van der Waals surface area contributed by atoms with Crippen LogP contribution in [0.5, 0.6) is 5.75 Å². The van der Waals surface area contributed by atoms with E-state index in [9.17, 15) is 18.0 Å². The smallest absolute Gasteiger partial charge is 0.242 e. The van der Waals surface area contributed by atoms with Crippen molar-refractivity contribution in [2.45, 2.75) is 77.4 Å². The number of benzene rings is 2. The van der Waals surface area contributed by atoms with Crippen LogP contribution in [0.4, 0.5) is 5.69 Å².